The van der Waals surface area contributed by atoms with Crippen LogP contribution in [0.4, 0.5) is 36.5 Å². The highest BCUT2D eigenvalue weighted by molar-refractivity contribution is 5.88. The number of amides is 4. The van der Waals surface area contributed by atoms with Gasteiger partial charge in [0.05, 0.1) is 29.9 Å². The van der Waals surface area contributed by atoms with Gasteiger partial charge in [0.15, 0.2) is 0 Å². The number of rotatable bonds is 11. The number of isocyanates is 1. The van der Waals surface area contributed by atoms with E-state index < -0.39 is 24.4 Å². The van der Waals surface area contributed by atoms with Gasteiger partial charge in [-0.25, -0.2) is 38.9 Å². The number of benzene rings is 1. The summed E-state index contributed by atoms with van der Waals surface area (Å²) in [5, 5.41) is 40.2. The molecule has 4 amide bonds. The first-order valence-corrected chi connectivity index (χ1v) is 14.2. The lowest BCUT2D eigenvalue weighted by molar-refractivity contribution is 0.116. The average molecular weight is 673 g/mol. The molecule has 3 heterocycles. The molecule has 3 aromatic heterocycles. The summed E-state index contributed by atoms with van der Waals surface area (Å²) in [4.78, 5) is 75.6. The summed E-state index contributed by atoms with van der Waals surface area (Å²) in [5.41, 5.74) is 2.04. The average Bonchev–Trinajstić information content (AvgIpc) is 3.08. The second kappa shape index (κ2) is 15.0. The maximum atomic E-state index is 11.8. The van der Waals surface area contributed by atoms with E-state index in [9.17, 15) is 44.4 Å². The van der Waals surface area contributed by atoms with Crippen molar-refractivity contribution in [2.24, 2.45) is 4.99 Å². The van der Waals surface area contributed by atoms with Gasteiger partial charge < -0.3 is 25.2 Å². The highest BCUT2D eigenvalue weighted by Gasteiger charge is 2.29. The number of aliphatic imine (C=N–C) groups is 1. The van der Waals surface area contributed by atoms with Crippen molar-refractivity contribution in [1.29, 1.82) is 0 Å². The van der Waals surface area contributed by atoms with E-state index in [1.54, 1.807) is 56.3 Å². The number of methoxy groups -OCH3 is 1. The van der Waals surface area contributed by atoms with E-state index in [1.165, 1.54) is 37.5 Å². The summed E-state index contributed by atoms with van der Waals surface area (Å²) in [6.45, 7) is 2.94. The maximum absolute atomic E-state index is 11.8. The summed E-state index contributed by atoms with van der Waals surface area (Å²) in [6, 6.07) is 17.1. The molecule has 0 aliphatic carbocycles. The molecule has 4 rings (SSSR count). The quantitative estimate of drug-likeness (QED) is 0.0855. The van der Waals surface area contributed by atoms with Gasteiger partial charge in [0, 0.05) is 13.1 Å². The van der Waals surface area contributed by atoms with E-state index in [0.29, 0.717) is 16.9 Å². The second-order valence-electron chi connectivity index (χ2n) is 9.66. The standard InChI is InChI=1S/C31H28N8O10/c1-4-36(38(28(41)42)29(43)44)26-10-6-8-20(34-26)22-15-19(18-12-13-25(49-3)24(14-18)32-17-40)16-23(33-22)21-9-7-11-27(35-21)37(5-2)39(30(45)46)31(47)48/h6-16H,4-5H2,1-3H3,(H,41,42)(H,43,44)(H,45,46)(H,47,48). The first-order valence-electron chi connectivity index (χ1n) is 14.2. The zero-order chi connectivity index (χ0) is 35.8. The van der Waals surface area contributed by atoms with E-state index in [-0.39, 0.29) is 63.2 Å². The van der Waals surface area contributed by atoms with Crippen LogP contribution >= 0.6 is 0 Å². The third-order valence-corrected chi connectivity index (χ3v) is 6.83. The minimum atomic E-state index is -1.74. The number of carboxylic acid groups (broad SMARTS) is 4. The Bertz CT molecular complexity index is 1840. The van der Waals surface area contributed by atoms with Crippen LogP contribution in [0.15, 0.2) is 71.7 Å². The number of hydrogen-bond acceptors (Lipinski definition) is 12. The van der Waals surface area contributed by atoms with Crippen molar-refractivity contribution >= 4 is 47.8 Å². The van der Waals surface area contributed by atoms with Gasteiger partial charge in [0.2, 0.25) is 6.08 Å². The fraction of sp³-hybridized carbons (Fsp3) is 0.161. The van der Waals surface area contributed by atoms with Crippen LogP contribution in [0, 0.1) is 0 Å². The van der Waals surface area contributed by atoms with Crippen molar-refractivity contribution in [2.45, 2.75) is 13.8 Å². The van der Waals surface area contributed by atoms with Gasteiger partial charge in [-0.2, -0.15) is 4.99 Å². The van der Waals surface area contributed by atoms with Gasteiger partial charge in [-0.1, -0.05) is 18.2 Å². The maximum Gasteiger partial charge on any atom is 0.436 e. The number of hydrogen-bond donors (Lipinski definition) is 4. The molecule has 0 aliphatic rings. The monoisotopic (exact) mass is 672 g/mol. The molecule has 0 bridgehead atoms. The number of nitrogens with zero attached hydrogens (tertiary/aromatic N) is 8. The van der Waals surface area contributed by atoms with Gasteiger partial charge in [0.1, 0.15) is 23.1 Å². The molecule has 1 aromatic carbocycles. The third kappa shape index (κ3) is 7.50. The molecule has 0 spiro atoms. The molecule has 0 fully saturated rings. The van der Waals surface area contributed by atoms with Gasteiger partial charge in [-0.3, -0.25) is 10.0 Å². The molecule has 252 valence electrons. The smallest absolute Gasteiger partial charge is 0.436 e. The number of aromatic nitrogens is 3. The third-order valence-electron chi connectivity index (χ3n) is 6.83. The van der Waals surface area contributed by atoms with Crippen LogP contribution in [0.25, 0.3) is 33.9 Å². The number of ether oxygens (including phenoxy) is 1. The summed E-state index contributed by atoms with van der Waals surface area (Å²) >= 11 is 0. The van der Waals surface area contributed by atoms with Gasteiger partial charge >= 0.3 is 24.4 Å². The molecule has 18 heteroatoms. The van der Waals surface area contributed by atoms with Gasteiger partial charge in [0.25, 0.3) is 0 Å². The fourth-order valence-electron chi connectivity index (χ4n) is 4.77. The van der Waals surface area contributed by atoms with Crippen molar-refractivity contribution in [3.8, 4) is 39.7 Å². The molecular formula is C31H28N8O10. The van der Waals surface area contributed by atoms with Crippen LogP contribution in [0.5, 0.6) is 5.75 Å². The van der Waals surface area contributed by atoms with Crippen LogP contribution < -0.4 is 14.8 Å². The van der Waals surface area contributed by atoms with E-state index >= 15 is 0 Å². The Morgan fingerprint density at radius 1 is 0.673 bits per heavy atom. The minimum Gasteiger partial charge on any atom is -0.494 e. The van der Waals surface area contributed by atoms with Crippen molar-refractivity contribution in [3.05, 3.63) is 66.7 Å². The SMILES string of the molecule is CCN(c1cccc(-c2cc(-c3ccc(OC)c(N=C=O)c3)cc(-c3cccc(N(CC)N(C(=O)O)C(=O)O)n3)n2)n1)N(C(=O)O)C(=O)O. The molecule has 0 radical (unpaired) electrons. The van der Waals surface area contributed by atoms with E-state index in [1.807, 2.05) is 0 Å². The predicted molar refractivity (Wildman–Crippen MR) is 172 cm³/mol. The summed E-state index contributed by atoms with van der Waals surface area (Å²) in [6.07, 6.45) is -5.48. The van der Waals surface area contributed by atoms with Crippen LogP contribution in [-0.2, 0) is 4.79 Å². The number of imide groups is 2. The fourth-order valence-corrected chi connectivity index (χ4v) is 4.77. The topological polar surface area (TPSA) is 239 Å². The van der Waals surface area contributed by atoms with Crippen LogP contribution in [-0.4, -0.2) is 96.0 Å². The van der Waals surface area contributed by atoms with Crippen LogP contribution in [0.1, 0.15) is 13.8 Å². The van der Waals surface area contributed by atoms with Crippen molar-refractivity contribution in [1.82, 2.24) is 25.0 Å². The Morgan fingerprint density at radius 2 is 1.14 bits per heavy atom. The Morgan fingerprint density at radius 3 is 1.53 bits per heavy atom. The molecule has 49 heavy (non-hydrogen) atoms. The highest BCUT2D eigenvalue weighted by atomic mass is 16.5. The molecule has 0 aliphatic heterocycles. The number of carbonyl (C=O) groups excluding carboxylic acids is 1. The number of anilines is 2. The number of pyridine rings is 3. The predicted octanol–water partition coefficient (Wildman–Crippen LogP) is 5.65. The largest absolute Gasteiger partial charge is 0.494 e. The first kappa shape index (κ1) is 34.8. The number of carbonyl (C=O) groups is 4. The van der Waals surface area contributed by atoms with Crippen molar-refractivity contribution in [3.63, 3.8) is 0 Å². The second-order valence-corrected chi connectivity index (χ2v) is 9.66. The Kier molecular flexibility index (Phi) is 10.7. The molecule has 4 aromatic rings. The Balaban J connectivity index is 1.95. The zero-order valence-electron chi connectivity index (χ0n) is 26.1. The van der Waals surface area contributed by atoms with Gasteiger partial charge in [-0.15, -0.1) is 10.0 Å². The molecule has 0 unspecified atom stereocenters. The minimum absolute atomic E-state index is 0.0215. The molecular weight excluding hydrogens is 644 g/mol. The Labute approximate surface area is 277 Å². The molecule has 0 saturated carbocycles. The molecule has 18 nitrogen and oxygen atoms in total. The lowest BCUT2D eigenvalue weighted by Crippen LogP contribution is -2.49. The summed E-state index contributed by atoms with van der Waals surface area (Å²) in [5.74, 6) is 0.256. The molecule has 0 atom stereocenters. The lowest BCUT2D eigenvalue weighted by Gasteiger charge is -2.29. The summed E-state index contributed by atoms with van der Waals surface area (Å²) < 4.78 is 5.28. The zero-order valence-corrected chi connectivity index (χ0v) is 26.1. The lowest BCUT2D eigenvalue weighted by atomic mass is 10.0. The van der Waals surface area contributed by atoms with E-state index in [2.05, 4.69) is 15.0 Å². The van der Waals surface area contributed by atoms with E-state index in [4.69, 9.17) is 9.72 Å². The van der Waals surface area contributed by atoms with Gasteiger partial charge in [-0.05, 0) is 73.5 Å². The van der Waals surface area contributed by atoms with Crippen LogP contribution in [0.2, 0.25) is 0 Å². The van der Waals surface area contributed by atoms with Crippen molar-refractivity contribution in [2.75, 3.05) is 30.2 Å². The van der Waals surface area contributed by atoms with Crippen molar-refractivity contribution < 1.29 is 49.1 Å². The molecule has 0 saturated heterocycles. The normalized spacial score (nSPS) is 10.3. The Hall–Kier alpha value is -7.07. The highest BCUT2D eigenvalue weighted by Crippen LogP contribution is 2.36. The first-order chi connectivity index (χ1) is 23.4. The number of hydrazine groups is 2. The van der Waals surface area contributed by atoms with Crippen LogP contribution in [0.3, 0.4) is 0 Å². The summed E-state index contributed by atoms with van der Waals surface area (Å²) in [7, 11) is 1.41. The van der Waals surface area contributed by atoms with E-state index in [0.717, 1.165) is 10.0 Å². The molecule has 4 N–H and O–H groups in total.